The molecule has 0 radical (unpaired) electrons. The highest BCUT2D eigenvalue weighted by Crippen LogP contribution is 1.54. The van der Waals surface area contributed by atoms with Gasteiger partial charge in [-0.2, -0.15) is 0 Å². The Bertz CT molecular complexity index is 42.2. The van der Waals surface area contributed by atoms with Crippen molar-refractivity contribution in [3.63, 3.8) is 0 Å². The van der Waals surface area contributed by atoms with Crippen molar-refractivity contribution in [3.05, 3.63) is 0 Å². The minimum atomic E-state index is 0.505. The summed E-state index contributed by atoms with van der Waals surface area (Å²) in [5.74, 6) is 0.505. The topological polar surface area (TPSA) is 34.8 Å². The lowest BCUT2D eigenvalue weighted by Gasteiger charge is -1.78. The highest BCUT2D eigenvalue weighted by molar-refractivity contribution is 5.65. The summed E-state index contributed by atoms with van der Waals surface area (Å²) in [6.07, 6.45) is 0. The van der Waals surface area contributed by atoms with Gasteiger partial charge in [-0.1, -0.05) is 0 Å². The number of methoxy groups -OCH3 is 1. The van der Waals surface area contributed by atoms with Crippen LogP contribution in [0, 0.1) is 0 Å². The molecular formula is C3H8NO+. The van der Waals surface area contributed by atoms with E-state index >= 15 is 0 Å². The first-order valence-electron chi connectivity index (χ1n) is 1.40. The summed E-state index contributed by atoms with van der Waals surface area (Å²) in [5.41, 5.74) is 0. The molecule has 0 fully saturated rings. The summed E-state index contributed by atoms with van der Waals surface area (Å²) in [7, 11) is 1.54. The maximum atomic E-state index is 4.99. The molecule has 2 nitrogen and oxygen atoms in total. The van der Waals surface area contributed by atoms with Crippen LogP contribution in [-0.2, 0) is 4.74 Å². The van der Waals surface area contributed by atoms with Crippen LogP contribution in [0.1, 0.15) is 6.92 Å². The summed E-state index contributed by atoms with van der Waals surface area (Å²) < 4.78 is 4.44. The second-order valence-electron chi connectivity index (χ2n) is 0.815. The minimum Gasteiger partial charge on any atom is -0.452 e. The molecule has 0 aromatic rings. The molecule has 0 amide bonds. The van der Waals surface area contributed by atoms with Gasteiger partial charge in [-0.05, 0) is 0 Å². The lowest BCUT2D eigenvalue weighted by Crippen LogP contribution is -2.38. The average molecular weight is 74.1 g/mol. The first kappa shape index (κ1) is 4.47. The first-order valence-corrected chi connectivity index (χ1v) is 1.40. The van der Waals surface area contributed by atoms with E-state index in [0.29, 0.717) is 5.90 Å². The van der Waals surface area contributed by atoms with Crippen molar-refractivity contribution in [2.75, 3.05) is 7.11 Å². The van der Waals surface area contributed by atoms with Crippen LogP contribution in [0.25, 0.3) is 0 Å². The molecule has 0 saturated heterocycles. The molecule has 0 saturated carbocycles. The second-order valence-corrected chi connectivity index (χ2v) is 0.815. The maximum absolute atomic E-state index is 4.99. The standard InChI is InChI=1S/C3H7NO/c1-3(4)5-2/h4H,1-2H3/p+1. The van der Waals surface area contributed by atoms with E-state index in [9.17, 15) is 0 Å². The van der Waals surface area contributed by atoms with E-state index in [2.05, 4.69) is 4.74 Å². The van der Waals surface area contributed by atoms with Crippen LogP contribution in [0.15, 0.2) is 0 Å². The fraction of sp³-hybridized carbons (Fsp3) is 0.667. The number of rotatable bonds is 0. The molecule has 0 aromatic heterocycles. The summed E-state index contributed by atoms with van der Waals surface area (Å²) in [5, 5.41) is 4.99. The van der Waals surface area contributed by atoms with Gasteiger partial charge < -0.3 is 4.74 Å². The monoisotopic (exact) mass is 74.1 g/mol. The van der Waals surface area contributed by atoms with E-state index in [0.717, 1.165) is 0 Å². The Balaban J connectivity index is 2.85. The van der Waals surface area contributed by atoms with E-state index in [1.165, 1.54) is 7.11 Å². The van der Waals surface area contributed by atoms with Gasteiger partial charge in [0.05, 0.1) is 14.0 Å². The molecule has 2 N–H and O–H groups in total. The number of hydrogen-bond acceptors (Lipinski definition) is 1. The van der Waals surface area contributed by atoms with Crippen molar-refractivity contribution in [1.29, 1.82) is 0 Å². The zero-order chi connectivity index (χ0) is 4.28. The Labute approximate surface area is 31.3 Å². The summed E-state index contributed by atoms with van der Waals surface area (Å²) in [6, 6.07) is 0. The third kappa shape index (κ3) is 3.47. The van der Waals surface area contributed by atoms with Gasteiger partial charge >= 0.3 is 5.90 Å². The molecule has 0 bridgehead atoms. The van der Waals surface area contributed by atoms with Gasteiger partial charge in [0.2, 0.25) is 0 Å². The molecule has 0 aliphatic rings. The fourth-order valence-corrected chi connectivity index (χ4v) is 0. The van der Waals surface area contributed by atoms with Gasteiger partial charge in [-0.3, -0.25) is 0 Å². The summed E-state index contributed by atoms with van der Waals surface area (Å²) in [6.45, 7) is 1.69. The van der Waals surface area contributed by atoms with Crippen LogP contribution in [0.4, 0.5) is 0 Å². The van der Waals surface area contributed by atoms with Crippen LogP contribution >= 0.6 is 0 Å². The lowest BCUT2D eigenvalue weighted by atomic mass is 10.8. The van der Waals surface area contributed by atoms with Crippen molar-refractivity contribution in [2.24, 2.45) is 0 Å². The van der Waals surface area contributed by atoms with Gasteiger partial charge in [0.15, 0.2) is 0 Å². The van der Waals surface area contributed by atoms with Crippen molar-refractivity contribution in [2.45, 2.75) is 6.92 Å². The normalized spacial score (nSPS) is 6.80. The second kappa shape index (κ2) is 1.76. The molecule has 0 heterocycles. The number of nitrogens with two attached hydrogens (primary N) is 1. The maximum Gasteiger partial charge on any atom is 0.329 e. The Hall–Kier alpha value is -0.530. The molecule has 0 aliphatic heterocycles. The van der Waals surface area contributed by atoms with Crippen molar-refractivity contribution < 1.29 is 10.1 Å². The number of hydrogen-bond donors (Lipinski definition) is 1. The summed E-state index contributed by atoms with van der Waals surface area (Å²) >= 11 is 0. The van der Waals surface area contributed by atoms with E-state index in [1.807, 2.05) is 0 Å². The first-order chi connectivity index (χ1) is 2.27. The molecular weight excluding hydrogens is 66.0 g/mol. The van der Waals surface area contributed by atoms with Crippen molar-refractivity contribution in [1.82, 2.24) is 0 Å². The van der Waals surface area contributed by atoms with Crippen LogP contribution in [0.2, 0.25) is 0 Å². The molecule has 0 aliphatic carbocycles. The molecule has 0 aromatic carbocycles. The fourth-order valence-electron chi connectivity index (χ4n) is 0. The largest absolute Gasteiger partial charge is 0.452 e. The van der Waals surface area contributed by atoms with E-state index in [4.69, 9.17) is 5.41 Å². The van der Waals surface area contributed by atoms with Crippen LogP contribution in [-0.4, -0.2) is 13.0 Å². The Morgan fingerprint density at radius 1 is 1.80 bits per heavy atom. The van der Waals surface area contributed by atoms with Gasteiger partial charge in [0.1, 0.15) is 0 Å². The molecule has 0 rings (SSSR count). The van der Waals surface area contributed by atoms with E-state index in [-0.39, 0.29) is 0 Å². The van der Waals surface area contributed by atoms with Crippen molar-refractivity contribution >= 4 is 5.90 Å². The zero-order valence-electron chi connectivity index (χ0n) is 3.49. The number of ether oxygens (including phenoxy) is 1. The van der Waals surface area contributed by atoms with E-state index < -0.39 is 0 Å². The quantitative estimate of drug-likeness (QED) is 0.284. The highest BCUT2D eigenvalue weighted by Gasteiger charge is 1.78. The third-order valence-electron chi connectivity index (χ3n) is 0.322. The van der Waals surface area contributed by atoms with E-state index in [1.54, 1.807) is 6.92 Å². The zero-order valence-corrected chi connectivity index (χ0v) is 3.49. The average Bonchev–Trinajstić information content (AvgIpc) is 1.38. The molecule has 0 unspecified atom stereocenters. The predicted molar refractivity (Wildman–Crippen MR) is 19.6 cm³/mol. The summed E-state index contributed by atoms with van der Waals surface area (Å²) in [4.78, 5) is 0. The highest BCUT2D eigenvalue weighted by atomic mass is 16.5. The SMILES string of the molecule is COC(C)=[NH2+]. The van der Waals surface area contributed by atoms with Crippen LogP contribution in [0.5, 0.6) is 0 Å². The minimum absolute atomic E-state index is 0.505. The van der Waals surface area contributed by atoms with Crippen molar-refractivity contribution in [3.8, 4) is 0 Å². The Morgan fingerprint density at radius 2 is 2.00 bits per heavy atom. The smallest absolute Gasteiger partial charge is 0.329 e. The lowest BCUT2D eigenvalue weighted by molar-refractivity contribution is -0.137. The Kier molecular flexibility index (Phi) is 1.57. The molecule has 30 valence electrons. The van der Waals surface area contributed by atoms with Gasteiger partial charge in [-0.25, -0.2) is 5.41 Å². The van der Waals surface area contributed by atoms with Gasteiger partial charge in [0.25, 0.3) is 0 Å². The molecule has 5 heavy (non-hydrogen) atoms. The van der Waals surface area contributed by atoms with Crippen LogP contribution < -0.4 is 5.41 Å². The van der Waals surface area contributed by atoms with Gasteiger partial charge in [0, 0.05) is 0 Å². The predicted octanol–water partition coefficient (Wildman–Crippen LogP) is -1.19. The Morgan fingerprint density at radius 3 is 2.00 bits per heavy atom. The molecule has 0 spiro atoms. The molecule has 0 atom stereocenters. The third-order valence-corrected chi connectivity index (χ3v) is 0.322. The molecule has 2 heteroatoms. The van der Waals surface area contributed by atoms with Crippen LogP contribution in [0.3, 0.4) is 0 Å². The van der Waals surface area contributed by atoms with Gasteiger partial charge in [-0.15, -0.1) is 0 Å².